The molecule has 70 valence electrons. The van der Waals surface area contributed by atoms with Crippen LogP contribution in [0.25, 0.3) is 0 Å². The Kier molecular flexibility index (Phi) is 5.37. The van der Waals surface area contributed by atoms with E-state index in [1.54, 1.807) is 7.11 Å². The molecule has 0 heterocycles. The number of rotatable bonds is 4. The van der Waals surface area contributed by atoms with Crippen molar-refractivity contribution in [2.45, 2.75) is 20.3 Å². The van der Waals surface area contributed by atoms with Gasteiger partial charge in [0, 0.05) is 7.11 Å². The van der Waals surface area contributed by atoms with Crippen LogP contribution in [0.1, 0.15) is 20.3 Å². The topological polar surface area (TPSA) is 35.5 Å². The highest BCUT2D eigenvalue weighted by Crippen LogP contribution is 2.09. The van der Waals surface area contributed by atoms with Crippen molar-refractivity contribution in [2.75, 3.05) is 20.8 Å². The van der Waals surface area contributed by atoms with E-state index < -0.39 is 0 Å². The number of esters is 1. The van der Waals surface area contributed by atoms with Gasteiger partial charge in [-0.1, -0.05) is 12.5 Å². The maximum atomic E-state index is 11.1. The number of carbonyl (C=O) groups excluding carboxylic acids is 1. The first-order valence-electron chi connectivity index (χ1n) is 3.93. The quantitative estimate of drug-likeness (QED) is 0.476. The Labute approximate surface area is 73.4 Å². The molecule has 3 nitrogen and oxygen atoms in total. The Morgan fingerprint density at radius 3 is 2.25 bits per heavy atom. The highest BCUT2D eigenvalue weighted by atomic mass is 16.5. The third-order valence-corrected chi connectivity index (χ3v) is 1.77. The lowest BCUT2D eigenvalue weighted by atomic mass is 10.1. The molecule has 0 atom stereocenters. The molecule has 0 saturated heterocycles. The van der Waals surface area contributed by atoms with E-state index in [-0.39, 0.29) is 5.97 Å². The number of ether oxygens (including phenoxy) is 2. The van der Waals surface area contributed by atoms with Gasteiger partial charge in [0.2, 0.25) is 0 Å². The number of carbonyl (C=O) groups is 1. The largest absolute Gasteiger partial charge is 0.466 e. The molecule has 0 aliphatic heterocycles. The number of methoxy groups -OCH3 is 2. The summed E-state index contributed by atoms with van der Waals surface area (Å²) in [5.41, 5.74) is 1.64. The second-order valence-corrected chi connectivity index (χ2v) is 2.54. The average molecular weight is 172 g/mol. The molecule has 0 bridgehead atoms. The normalized spacial score (nSPS) is 12.3. The van der Waals surface area contributed by atoms with Crippen LogP contribution in [0.3, 0.4) is 0 Å². The molecular weight excluding hydrogens is 156 g/mol. The molecule has 12 heavy (non-hydrogen) atoms. The standard InChI is InChI=1S/C9H16O3/c1-5-7(2)8(6-11-3)9(10)12-4/h5-6H2,1-4H3. The van der Waals surface area contributed by atoms with E-state index in [9.17, 15) is 4.79 Å². The average Bonchev–Trinajstić information content (AvgIpc) is 2.11. The molecule has 0 aliphatic rings. The van der Waals surface area contributed by atoms with Crippen LogP contribution in [0.15, 0.2) is 11.1 Å². The van der Waals surface area contributed by atoms with Gasteiger partial charge in [0.05, 0.1) is 19.3 Å². The van der Waals surface area contributed by atoms with Gasteiger partial charge in [-0.2, -0.15) is 0 Å². The monoisotopic (exact) mass is 172 g/mol. The van der Waals surface area contributed by atoms with E-state index >= 15 is 0 Å². The first-order chi connectivity index (χ1) is 5.67. The Morgan fingerprint density at radius 1 is 1.33 bits per heavy atom. The maximum Gasteiger partial charge on any atom is 0.336 e. The summed E-state index contributed by atoms with van der Waals surface area (Å²) in [6.07, 6.45) is 0.841. The molecule has 0 amide bonds. The van der Waals surface area contributed by atoms with Gasteiger partial charge in [-0.25, -0.2) is 4.79 Å². The van der Waals surface area contributed by atoms with Gasteiger partial charge in [-0.05, 0) is 13.3 Å². The van der Waals surface area contributed by atoms with E-state index in [1.807, 2.05) is 13.8 Å². The molecule has 0 aromatic carbocycles. The fourth-order valence-corrected chi connectivity index (χ4v) is 0.837. The van der Waals surface area contributed by atoms with Crippen molar-refractivity contribution in [3.8, 4) is 0 Å². The van der Waals surface area contributed by atoms with Crippen molar-refractivity contribution in [1.82, 2.24) is 0 Å². The van der Waals surface area contributed by atoms with Crippen molar-refractivity contribution in [2.24, 2.45) is 0 Å². The van der Waals surface area contributed by atoms with Crippen molar-refractivity contribution in [3.63, 3.8) is 0 Å². The lowest BCUT2D eigenvalue weighted by Gasteiger charge is -2.07. The van der Waals surface area contributed by atoms with Crippen LogP contribution >= 0.6 is 0 Å². The zero-order valence-electron chi connectivity index (χ0n) is 8.14. The van der Waals surface area contributed by atoms with Crippen molar-refractivity contribution < 1.29 is 14.3 Å². The van der Waals surface area contributed by atoms with Crippen molar-refractivity contribution in [3.05, 3.63) is 11.1 Å². The zero-order chi connectivity index (χ0) is 9.56. The molecular formula is C9H16O3. The minimum Gasteiger partial charge on any atom is -0.466 e. The fourth-order valence-electron chi connectivity index (χ4n) is 0.837. The zero-order valence-corrected chi connectivity index (χ0v) is 8.14. The summed E-state index contributed by atoms with van der Waals surface area (Å²) in [4.78, 5) is 11.1. The molecule has 0 rings (SSSR count). The summed E-state index contributed by atoms with van der Waals surface area (Å²) >= 11 is 0. The van der Waals surface area contributed by atoms with Crippen LogP contribution in [0, 0.1) is 0 Å². The smallest absolute Gasteiger partial charge is 0.336 e. The summed E-state index contributed by atoms with van der Waals surface area (Å²) in [6.45, 7) is 4.23. The lowest BCUT2D eigenvalue weighted by Crippen LogP contribution is -2.11. The summed E-state index contributed by atoms with van der Waals surface area (Å²) < 4.78 is 9.50. The van der Waals surface area contributed by atoms with Crippen molar-refractivity contribution in [1.29, 1.82) is 0 Å². The van der Waals surface area contributed by atoms with Gasteiger partial charge < -0.3 is 9.47 Å². The first kappa shape index (κ1) is 11.2. The van der Waals surface area contributed by atoms with Crippen LogP contribution in [0.4, 0.5) is 0 Å². The van der Waals surface area contributed by atoms with E-state index in [2.05, 4.69) is 4.74 Å². The van der Waals surface area contributed by atoms with Gasteiger partial charge in [0.1, 0.15) is 0 Å². The highest BCUT2D eigenvalue weighted by molar-refractivity contribution is 5.89. The number of allylic oxidation sites excluding steroid dienone is 1. The lowest BCUT2D eigenvalue weighted by molar-refractivity contribution is -0.136. The van der Waals surface area contributed by atoms with E-state index in [1.165, 1.54) is 7.11 Å². The number of hydrogen-bond acceptors (Lipinski definition) is 3. The van der Waals surface area contributed by atoms with Crippen LogP contribution in [0.5, 0.6) is 0 Å². The van der Waals surface area contributed by atoms with Crippen LogP contribution in [0.2, 0.25) is 0 Å². The first-order valence-corrected chi connectivity index (χ1v) is 3.93. The van der Waals surface area contributed by atoms with E-state index in [4.69, 9.17) is 4.74 Å². The molecule has 0 aromatic rings. The Morgan fingerprint density at radius 2 is 1.92 bits per heavy atom. The highest BCUT2D eigenvalue weighted by Gasteiger charge is 2.11. The van der Waals surface area contributed by atoms with Crippen LogP contribution in [-0.4, -0.2) is 26.8 Å². The second kappa shape index (κ2) is 5.77. The second-order valence-electron chi connectivity index (χ2n) is 2.54. The summed E-state index contributed by atoms with van der Waals surface area (Å²) in [7, 11) is 2.94. The SMILES string of the molecule is CCC(C)=C(COC)C(=O)OC. The van der Waals surface area contributed by atoms with Gasteiger partial charge in [-0.15, -0.1) is 0 Å². The Bertz CT molecular complexity index is 182. The molecule has 3 heteroatoms. The third kappa shape index (κ3) is 3.05. The molecule has 0 aromatic heterocycles. The molecule has 0 N–H and O–H groups in total. The Hall–Kier alpha value is -0.830. The van der Waals surface area contributed by atoms with E-state index in [0.29, 0.717) is 12.2 Å². The molecule has 0 aliphatic carbocycles. The molecule has 0 radical (unpaired) electrons. The van der Waals surface area contributed by atoms with Gasteiger partial charge in [-0.3, -0.25) is 0 Å². The van der Waals surface area contributed by atoms with Crippen LogP contribution in [-0.2, 0) is 14.3 Å². The maximum absolute atomic E-state index is 11.1. The van der Waals surface area contributed by atoms with Gasteiger partial charge in [0.25, 0.3) is 0 Å². The van der Waals surface area contributed by atoms with E-state index in [0.717, 1.165) is 12.0 Å². The molecule has 0 saturated carbocycles. The third-order valence-electron chi connectivity index (χ3n) is 1.77. The summed E-state index contributed by atoms with van der Waals surface area (Å²) in [6, 6.07) is 0. The summed E-state index contributed by atoms with van der Waals surface area (Å²) in [5, 5.41) is 0. The molecule has 0 spiro atoms. The number of hydrogen-bond donors (Lipinski definition) is 0. The predicted octanol–water partition coefficient (Wildman–Crippen LogP) is 1.53. The van der Waals surface area contributed by atoms with Gasteiger partial charge >= 0.3 is 5.97 Å². The molecule has 0 unspecified atom stereocenters. The molecule has 0 fully saturated rings. The predicted molar refractivity (Wildman–Crippen MR) is 46.9 cm³/mol. The Balaban J connectivity index is 4.52. The van der Waals surface area contributed by atoms with Crippen molar-refractivity contribution >= 4 is 5.97 Å². The minimum absolute atomic E-state index is 0.295. The minimum atomic E-state index is -0.295. The summed E-state index contributed by atoms with van der Waals surface area (Å²) in [5.74, 6) is -0.295. The van der Waals surface area contributed by atoms with Crippen LogP contribution < -0.4 is 0 Å². The fraction of sp³-hybridized carbons (Fsp3) is 0.667. The van der Waals surface area contributed by atoms with Gasteiger partial charge in [0.15, 0.2) is 0 Å².